The van der Waals surface area contributed by atoms with Crippen LogP contribution in [0.25, 0.3) is 11.2 Å². The molecule has 4 aromatic rings. The molecule has 3 N–H and O–H groups in total. The predicted octanol–water partition coefficient (Wildman–Crippen LogP) is 5.42. The molecular weight excluding hydrogens is 658 g/mol. The molecule has 2 heterocycles. The van der Waals surface area contributed by atoms with Crippen molar-refractivity contribution in [2.45, 2.75) is 49.4 Å². The van der Waals surface area contributed by atoms with Gasteiger partial charge in [0.25, 0.3) is 5.56 Å². The second-order valence-corrected chi connectivity index (χ2v) is 11.8. The zero-order chi connectivity index (χ0) is 29.3. The summed E-state index contributed by atoms with van der Waals surface area (Å²) < 4.78 is 11.9. The van der Waals surface area contributed by atoms with E-state index in [9.17, 15) is 14.4 Å². The van der Waals surface area contributed by atoms with Crippen LogP contribution in [0.2, 0.25) is 0 Å². The molecule has 0 fully saturated rings. The Labute approximate surface area is 252 Å². The SMILES string of the molecule is COC(=O)c1ccc2c(c1)C(Br)CCC2.COC(=O)c1ccc2c(c1)C(n1c(Br)nc3c(=O)[nH]c(N)nc31)CCC2. The molecule has 10 nitrogen and oxygen atoms in total. The number of nitrogen functional groups attached to an aromatic ring is 1. The average molecular weight is 687 g/mol. The first kappa shape index (κ1) is 29.0. The molecule has 2 unspecified atom stereocenters. The molecule has 0 aliphatic heterocycles. The van der Waals surface area contributed by atoms with Crippen molar-refractivity contribution in [2.75, 3.05) is 20.0 Å². The van der Waals surface area contributed by atoms with Crippen molar-refractivity contribution in [3.8, 4) is 0 Å². The monoisotopic (exact) mass is 685 g/mol. The molecule has 2 aromatic carbocycles. The van der Waals surface area contributed by atoms with Crippen LogP contribution in [0.3, 0.4) is 0 Å². The van der Waals surface area contributed by atoms with Crippen molar-refractivity contribution in [1.82, 2.24) is 19.5 Å². The number of nitrogens with zero attached hydrogens (tertiary/aromatic N) is 3. The van der Waals surface area contributed by atoms with Crippen LogP contribution in [0, 0.1) is 0 Å². The molecule has 0 spiro atoms. The zero-order valence-electron chi connectivity index (χ0n) is 22.6. The molecule has 2 aliphatic rings. The lowest BCUT2D eigenvalue weighted by atomic mass is 9.86. The van der Waals surface area contributed by atoms with E-state index in [0.29, 0.717) is 26.3 Å². The van der Waals surface area contributed by atoms with Crippen LogP contribution in [0.1, 0.15) is 79.5 Å². The van der Waals surface area contributed by atoms with Gasteiger partial charge in [-0.05, 0) is 101 Å². The molecule has 0 saturated carbocycles. The normalized spacial score (nSPS) is 17.6. The highest BCUT2D eigenvalue weighted by atomic mass is 79.9. The molecule has 214 valence electrons. The largest absolute Gasteiger partial charge is 0.465 e. The van der Waals surface area contributed by atoms with Crippen molar-refractivity contribution in [2.24, 2.45) is 0 Å². The Balaban J connectivity index is 0.000000191. The van der Waals surface area contributed by atoms with Gasteiger partial charge in [-0.2, -0.15) is 4.98 Å². The number of aromatic nitrogens is 4. The highest BCUT2D eigenvalue weighted by Crippen LogP contribution is 2.38. The lowest BCUT2D eigenvalue weighted by Crippen LogP contribution is -2.20. The van der Waals surface area contributed by atoms with E-state index < -0.39 is 0 Å². The van der Waals surface area contributed by atoms with Crippen LogP contribution >= 0.6 is 31.9 Å². The fourth-order valence-electron chi connectivity index (χ4n) is 5.52. The third-order valence-corrected chi connectivity index (χ3v) is 9.01. The molecule has 0 amide bonds. The Hall–Kier alpha value is -3.51. The quantitative estimate of drug-likeness (QED) is 0.165. The second kappa shape index (κ2) is 12.2. The minimum Gasteiger partial charge on any atom is -0.465 e. The zero-order valence-corrected chi connectivity index (χ0v) is 25.7. The van der Waals surface area contributed by atoms with Gasteiger partial charge in [0.2, 0.25) is 5.95 Å². The van der Waals surface area contributed by atoms with Gasteiger partial charge in [-0.1, -0.05) is 28.1 Å². The maximum absolute atomic E-state index is 12.1. The molecule has 0 bridgehead atoms. The van der Waals surface area contributed by atoms with E-state index in [1.807, 2.05) is 34.9 Å². The third-order valence-electron chi connectivity index (χ3n) is 7.50. The molecule has 6 rings (SSSR count). The number of aromatic amines is 1. The number of anilines is 1. The number of alkyl halides is 1. The molecule has 2 aromatic heterocycles. The average Bonchev–Trinajstić information content (AvgIpc) is 3.31. The van der Waals surface area contributed by atoms with Crippen LogP contribution < -0.4 is 11.3 Å². The first-order valence-electron chi connectivity index (χ1n) is 13.2. The van der Waals surface area contributed by atoms with E-state index in [-0.39, 0.29) is 35.0 Å². The van der Waals surface area contributed by atoms with Crippen molar-refractivity contribution in [3.63, 3.8) is 0 Å². The van der Waals surface area contributed by atoms with E-state index in [4.69, 9.17) is 15.2 Å². The molecule has 2 atom stereocenters. The predicted molar refractivity (Wildman–Crippen MR) is 162 cm³/mol. The summed E-state index contributed by atoms with van der Waals surface area (Å²) >= 11 is 7.08. The van der Waals surface area contributed by atoms with E-state index in [1.165, 1.54) is 31.8 Å². The molecule has 0 radical (unpaired) electrons. The van der Waals surface area contributed by atoms with Gasteiger partial charge in [0.1, 0.15) is 0 Å². The minimum absolute atomic E-state index is 0.0375. The lowest BCUT2D eigenvalue weighted by Gasteiger charge is -2.28. The summed E-state index contributed by atoms with van der Waals surface area (Å²) in [6.45, 7) is 0. The highest BCUT2D eigenvalue weighted by Gasteiger charge is 2.28. The molecule has 2 aliphatic carbocycles. The highest BCUT2D eigenvalue weighted by molar-refractivity contribution is 9.10. The summed E-state index contributed by atoms with van der Waals surface area (Å²) in [6.07, 6.45) is 6.18. The summed E-state index contributed by atoms with van der Waals surface area (Å²) in [5, 5.41) is 0. The third kappa shape index (κ3) is 5.80. The van der Waals surface area contributed by atoms with Crippen LogP contribution in [-0.2, 0) is 22.3 Å². The van der Waals surface area contributed by atoms with E-state index in [2.05, 4.69) is 46.8 Å². The van der Waals surface area contributed by atoms with Gasteiger partial charge in [0, 0.05) is 4.83 Å². The maximum atomic E-state index is 12.1. The number of rotatable bonds is 3. The molecule has 12 heteroatoms. The standard InChI is InChI=1S/C17H16BrN5O3.C12H13BrO2/c1-26-15(25)9-6-5-8-3-2-4-11(10(8)7-9)23-13-12(20-16(23)18)14(24)22-17(19)21-13;1-15-12(14)9-6-5-8-3-2-4-11(13)10(8)7-9/h5-7,11H,2-4H2,1H3,(H3,19,21,22,24);5-7,11H,2-4H2,1H3. The van der Waals surface area contributed by atoms with E-state index >= 15 is 0 Å². The summed E-state index contributed by atoms with van der Waals surface area (Å²) in [6, 6.07) is 11.3. The first-order valence-corrected chi connectivity index (χ1v) is 14.9. The topological polar surface area (TPSA) is 142 Å². The Bertz CT molecular complexity index is 1700. The van der Waals surface area contributed by atoms with Crippen molar-refractivity contribution in [3.05, 3.63) is 84.9 Å². The summed E-state index contributed by atoms with van der Waals surface area (Å²) in [7, 11) is 2.77. The van der Waals surface area contributed by atoms with Crippen molar-refractivity contribution >= 4 is 60.9 Å². The van der Waals surface area contributed by atoms with Gasteiger partial charge in [0.15, 0.2) is 15.9 Å². The second-order valence-electron chi connectivity index (χ2n) is 9.95. The van der Waals surface area contributed by atoms with Gasteiger partial charge in [-0.15, -0.1) is 0 Å². The number of fused-ring (bicyclic) bond motifs is 3. The van der Waals surface area contributed by atoms with Crippen molar-refractivity contribution in [1.29, 1.82) is 0 Å². The number of nitrogens with one attached hydrogen (secondary N) is 1. The van der Waals surface area contributed by atoms with Crippen LogP contribution in [0.4, 0.5) is 5.95 Å². The van der Waals surface area contributed by atoms with E-state index in [1.54, 1.807) is 6.07 Å². The Morgan fingerprint density at radius 1 is 0.951 bits per heavy atom. The van der Waals surface area contributed by atoms with Gasteiger partial charge in [-0.25, -0.2) is 14.6 Å². The molecule has 0 saturated heterocycles. The van der Waals surface area contributed by atoms with Crippen LogP contribution in [0.5, 0.6) is 0 Å². The fraction of sp³-hybridized carbons (Fsp3) is 0.345. The Morgan fingerprint density at radius 3 is 2.17 bits per heavy atom. The summed E-state index contributed by atoms with van der Waals surface area (Å²) in [5.74, 6) is -0.607. The number of carbonyl (C=O) groups is 2. The summed E-state index contributed by atoms with van der Waals surface area (Å²) in [4.78, 5) is 46.9. The number of imidazole rings is 1. The Morgan fingerprint density at radius 2 is 1.54 bits per heavy atom. The van der Waals surface area contributed by atoms with Crippen LogP contribution in [0.15, 0.2) is 45.9 Å². The number of methoxy groups -OCH3 is 2. The van der Waals surface area contributed by atoms with Crippen LogP contribution in [-0.4, -0.2) is 45.7 Å². The summed E-state index contributed by atoms with van der Waals surface area (Å²) in [5.41, 5.74) is 11.8. The number of esters is 2. The lowest BCUT2D eigenvalue weighted by molar-refractivity contribution is 0.0591. The van der Waals surface area contributed by atoms with Gasteiger partial charge in [-0.3, -0.25) is 14.3 Å². The fourth-order valence-corrected chi connectivity index (χ4v) is 6.87. The first-order chi connectivity index (χ1) is 19.7. The smallest absolute Gasteiger partial charge is 0.337 e. The van der Waals surface area contributed by atoms with Gasteiger partial charge in [0.05, 0.1) is 31.4 Å². The number of aryl methyl sites for hydroxylation is 2. The number of hydrogen-bond donors (Lipinski definition) is 2. The molecule has 41 heavy (non-hydrogen) atoms. The van der Waals surface area contributed by atoms with E-state index in [0.717, 1.165) is 43.2 Å². The maximum Gasteiger partial charge on any atom is 0.337 e. The minimum atomic E-state index is -0.384. The number of H-pyrrole nitrogens is 1. The number of ether oxygens (including phenoxy) is 2. The number of carbonyl (C=O) groups excluding carboxylic acids is 2. The number of halogens is 2. The number of hydrogen-bond acceptors (Lipinski definition) is 8. The number of benzene rings is 2. The van der Waals surface area contributed by atoms with Gasteiger partial charge < -0.3 is 15.2 Å². The Kier molecular flexibility index (Phi) is 8.60. The van der Waals surface area contributed by atoms with Gasteiger partial charge >= 0.3 is 11.9 Å². The number of nitrogens with two attached hydrogens (primary N) is 1. The molecular formula is C29H29Br2N5O5. The van der Waals surface area contributed by atoms with Crippen molar-refractivity contribution < 1.29 is 19.1 Å².